The number of hydrogen-bond acceptors (Lipinski definition) is 4. The molecule has 1 aromatic heterocycles. The normalized spacial score (nSPS) is 10.1. The third-order valence-corrected chi connectivity index (χ3v) is 4.31. The van der Waals surface area contributed by atoms with Crippen molar-refractivity contribution in [2.75, 3.05) is 12.4 Å². The summed E-state index contributed by atoms with van der Waals surface area (Å²) in [5, 5.41) is 13.5. The molecule has 1 amide bonds. The summed E-state index contributed by atoms with van der Waals surface area (Å²) in [5.74, 6) is -1.11. The minimum Gasteiger partial charge on any atom is -0.496 e. The van der Waals surface area contributed by atoms with Gasteiger partial charge >= 0.3 is 5.97 Å². The van der Waals surface area contributed by atoms with Gasteiger partial charge in [0.05, 0.1) is 15.6 Å². The van der Waals surface area contributed by atoms with Gasteiger partial charge in [0.1, 0.15) is 11.3 Å². The van der Waals surface area contributed by atoms with Crippen LogP contribution in [0, 0.1) is 2.88 Å². The second kappa shape index (κ2) is 6.23. The largest absolute Gasteiger partial charge is 0.496 e. The van der Waals surface area contributed by atoms with E-state index in [1.807, 2.05) is 0 Å². The van der Waals surface area contributed by atoms with Crippen molar-refractivity contribution in [2.24, 2.45) is 0 Å². The third-order valence-electron chi connectivity index (χ3n) is 2.52. The number of methoxy groups -OCH3 is 1. The SMILES string of the molecule is COc1cc(NC(=O)c2csc(I)c2)ccc1C(=O)O. The van der Waals surface area contributed by atoms with Crippen LogP contribution in [0.5, 0.6) is 5.75 Å². The van der Waals surface area contributed by atoms with Crippen LogP contribution in [-0.4, -0.2) is 24.1 Å². The lowest BCUT2D eigenvalue weighted by atomic mass is 10.1. The first kappa shape index (κ1) is 14.8. The van der Waals surface area contributed by atoms with Gasteiger partial charge in [-0.3, -0.25) is 4.79 Å². The highest BCUT2D eigenvalue weighted by molar-refractivity contribution is 14.1. The molecule has 2 rings (SSSR count). The van der Waals surface area contributed by atoms with Crippen LogP contribution in [-0.2, 0) is 0 Å². The molecule has 5 nitrogen and oxygen atoms in total. The summed E-state index contributed by atoms with van der Waals surface area (Å²) < 4.78 is 6.03. The number of benzene rings is 1. The van der Waals surface area contributed by atoms with Crippen LogP contribution in [0.3, 0.4) is 0 Å². The first-order valence-corrected chi connectivity index (χ1v) is 7.44. The predicted molar refractivity (Wildman–Crippen MR) is 84.9 cm³/mol. The van der Waals surface area contributed by atoms with Gasteiger partial charge in [0.15, 0.2) is 0 Å². The number of nitrogens with one attached hydrogen (secondary N) is 1. The molecule has 0 unspecified atom stereocenters. The fourth-order valence-corrected chi connectivity index (χ4v) is 2.90. The van der Waals surface area contributed by atoms with Gasteiger partial charge < -0.3 is 15.2 Å². The molecular formula is C13H10INO4S. The Labute approximate surface area is 132 Å². The lowest BCUT2D eigenvalue weighted by Crippen LogP contribution is -2.11. The van der Waals surface area contributed by atoms with Crippen molar-refractivity contribution in [3.63, 3.8) is 0 Å². The van der Waals surface area contributed by atoms with Crippen molar-refractivity contribution in [3.8, 4) is 5.75 Å². The number of thiophene rings is 1. The fraction of sp³-hybridized carbons (Fsp3) is 0.0769. The standard InChI is InChI=1S/C13H10INO4S/c1-19-10-5-8(2-3-9(10)13(17)18)15-12(16)7-4-11(14)20-6-7/h2-6H,1H3,(H,15,16)(H,17,18). The zero-order valence-corrected chi connectivity index (χ0v) is 13.3. The average molecular weight is 403 g/mol. The molecule has 2 aromatic rings. The van der Waals surface area contributed by atoms with Crippen molar-refractivity contribution in [3.05, 3.63) is 43.7 Å². The maximum atomic E-state index is 12.0. The molecule has 1 heterocycles. The Kier molecular flexibility index (Phi) is 4.61. The van der Waals surface area contributed by atoms with E-state index >= 15 is 0 Å². The molecule has 1 aromatic carbocycles. The Balaban J connectivity index is 2.22. The van der Waals surface area contributed by atoms with Gasteiger partial charge in [0.25, 0.3) is 5.91 Å². The van der Waals surface area contributed by atoms with Crippen LogP contribution in [0.2, 0.25) is 0 Å². The molecule has 0 aliphatic carbocycles. The molecule has 0 saturated carbocycles. The molecule has 0 atom stereocenters. The fourth-order valence-electron chi connectivity index (χ4n) is 1.58. The van der Waals surface area contributed by atoms with E-state index in [9.17, 15) is 9.59 Å². The lowest BCUT2D eigenvalue weighted by Gasteiger charge is -2.08. The molecule has 0 bridgehead atoms. The molecule has 0 saturated heterocycles. The molecule has 20 heavy (non-hydrogen) atoms. The molecular weight excluding hydrogens is 393 g/mol. The Morgan fingerprint density at radius 3 is 2.65 bits per heavy atom. The average Bonchev–Trinajstić information content (AvgIpc) is 2.85. The monoisotopic (exact) mass is 403 g/mol. The van der Waals surface area contributed by atoms with Crippen molar-refractivity contribution >= 4 is 51.5 Å². The van der Waals surface area contributed by atoms with E-state index in [4.69, 9.17) is 9.84 Å². The maximum absolute atomic E-state index is 12.0. The molecule has 0 fully saturated rings. The van der Waals surface area contributed by atoms with Crippen LogP contribution in [0.15, 0.2) is 29.6 Å². The summed E-state index contributed by atoms with van der Waals surface area (Å²) in [4.78, 5) is 23.0. The number of carbonyl (C=O) groups excluding carboxylic acids is 1. The van der Waals surface area contributed by atoms with Crippen molar-refractivity contribution in [2.45, 2.75) is 0 Å². The molecule has 0 aliphatic heterocycles. The van der Waals surface area contributed by atoms with Gasteiger partial charge in [-0.15, -0.1) is 11.3 Å². The molecule has 0 spiro atoms. The van der Waals surface area contributed by atoms with E-state index in [2.05, 4.69) is 27.9 Å². The second-order valence-corrected chi connectivity index (χ2v) is 6.62. The van der Waals surface area contributed by atoms with Crippen LogP contribution < -0.4 is 10.1 Å². The van der Waals surface area contributed by atoms with Crippen molar-refractivity contribution in [1.82, 2.24) is 0 Å². The Bertz CT molecular complexity index is 668. The summed E-state index contributed by atoms with van der Waals surface area (Å²) in [7, 11) is 1.38. The Hall–Kier alpha value is -1.61. The molecule has 2 N–H and O–H groups in total. The first-order chi connectivity index (χ1) is 9.51. The lowest BCUT2D eigenvalue weighted by molar-refractivity contribution is 0.0693. The summed E-state index contributed by atoms with van der Waals surface area (Å²) >= 11 is 3.62. The van der Waals surface area contributed by atoms with Gasteiger partial charge in [-0.05, 0) is 40.8 Å². The van der Waals surface area contributed by atoms with Gasteiger partial charge in [0.2, 0.25) is 0 Å². The molecule has 7 heteroatoms. The zero-order valence-electron chi connectivity index (χ0n) is 10.3. The van der Waals surface area contributed by atoms with Crippen LogP contribution in [0.25, 0.3) is 0 Å². The number of halogens is 1. The maximum Gasteiger partial charge on any atom is 0.339 e. The first-order valence-electron chi connectivity index (χ1n) is 5.48. The van der Waals surface area contributed by atoms with Crippen molar-refractivity contribution < 1.29 is 19.4 Å². The second-order valence-electron chi connectivity index (χ2n) is 3.81. The molecule has 0 aliphatic rings. The van der Waals surface area contributed by atoms with Gasteiger partial charge in [0, 0.05) is 17.1 Å². The Morgan fingerprint density at radius 1 is 1.35 bits per heavy atom. The molecule has 0 radical (unpaired) electrons. The van der Waals surface area contributed by atoms with E-state index in [1.54, 1.807) is 11.4 Å². The van der Waals surface area contributed by atoms with Crippen molar-refractivity contribution in [1.29, 1.82) is 0 Å². The van der Waals surface area contributed by atoms with Gasteiger partial charge in [-0.1, -0.05) is 0 Å². The van der Waals surface area contributed by atoms with E-state index in [0.717, 1.165) is 2.88 Å². The van der Waals surface area contributed by atoms with E-state index in [0.29, 0.717) is 11.3 Å². The van der Waals surface area contributed by atoms with Gasteiger partial charge in [-0.2, -0.15) is 0 Å². The number of rotatable bonds is 4. The quantitative estimate of drug-likeness (QED) is 0.769. The predicted octanol–water partition coefficient (Wildman–Crippen LogP) is 3.31. The summed E-state index contributed by atoms with van der Waals surface area (Å²) in [6.07, 6.45) is 0. The number of aromatic carboxylic acids is 1. The molecule has 104 valence electrons. The number of amides is 1. The number of carboxylic acids is 1. The van der Waals surface area contributed by atoms with E-state index < -0.39 is 5.97 Å². The minimum atomic E-state index is -1.08. The summed E-state index contributed by atoms with van der Waals surface area (Å²) in [6, 6.07) is 6.19. The van der Waals surface area contributed by atoms with E-state index in [1.165, 1.54) is 36.6 Å². The zero-order chi connectivity index (χ0) is 14.7. The summed E-state index contributed by atoms with van der Waals surface area (Å²) in [6.45, 7) is 0. The number of carbonyl (C=O) groups is 2. The topological polar surface area (TPSA) is 75.6 Å². The van der Waals surface area contributed by atoms with Gasteiger partial charge in [-0.25, -0.2) is 4.79 Å². The van der Waals surface area contributed by atoms with Crippen LogP contribution >= 0.6 is 33.9 Å². The van der Waals surface area contributed by atoms with E-state index in [-0.39, 0.29) is 17.2 Å². The number of ether oxygens (including phenoxy) is 1. The smallest absolute Gasteiger partial charge is 0.339 e. The van der Waals surface area contributed by atoms with Crippen LogP contribution in [0.4, 0.5) is 5.69 Å². The Morgan fingerprint density at radius 2 is 2.10 bits per heavy atom. The minimum absolute atomic E-state index is 0.0515. The highest BCUT2D eigenvalue weighted by Crippen LogP contribution is 2.24. The number of anilines is 1. The number of carboxylic acid groups (broad SMARTS) is 1. The van der Waals surface area contributed by atoms with Crippen LogP contribution in [0.1, 0.15) is 20.7 Å². The third kappa shape index (κ3) is 3.28. The highest BCUT2D eigenvalue weighted by Gasteiger charge is 2.13. The number of hydrogen-bond donors (Lipinski definition) is 2. The summed E-state index contributed by atoms with van der Waals surface area (Å²) in [5.41, 5.74) is 1.11. The highest BCUT2D eigenvalue weighted by atomic mass is 127.